The molecule has 7 heteroatoms. The van der Waals surface area contributed by atoms with Crippen LogP contribution in [-0.2, 0) is 0 Å². The molecule has 3 aromatic rings. The number of rotatable bonds is 3. The Kier molecular flexibility index (Phi) is 4.07. The molecule has 0 spiro atoms. The van der Waals surface area contributed by atoms with E-state index in [1.165, 1.54) is 12.4 Å². The molecule has 3 rings (SSSR count). The predicted molar refractivity (Wildman–Crippen MR) is 91.2 cm³/mol. The third-order valence-electron chi connectivity index (χ3n) is 3.52. The van der Waals surface area contributed by atoms with Crippen molar-refractivity contribution in [1.82, 2.24) is 10.0 Å². The lowest BCUT2D eigenvalue weighted by atomic mass is 10.2. The van der Waals surface area contributed by atoms with E-state index in [0.717, 1.165) is 0 Å². The van der Waals surface area contributed by atoms with Crippen molar-refractivity contribution in [3.8, 4) is 0 Å². The zero-order valence-corrected chi connectivity index (χ0v) is 12.8. The van der Waals surface area contributed by atoms with E-state index in [1.807, 2.05) is 0 Å². The highest BCUT2D eigenvalue weighted by atomic mass is 16.5. The molecule has 24 heavy (non-hydrogen) atoms. The number of hydrogen-bond donors (Lipinski definition) is 1. The maximum atomic E-state index is 12.3. The second kappa shape index (κ2) is 6.33. The van der Waals surface area contributed by atoms with E-state index < -0.39 is 0 Å². The predicted octanol–water partition coefficient (Wildman–Crippen LogP) is 2.01. The second-order valence-electron chi connectivity index (χ2n) is 5.05. The fourth-order valence-corrected chi connectivity index (χ4v) is 2.27. The first-order chi connectivity index (χ1) is 11.6. The van der Waals surface area contributed by atoms with Crippen LogP contribution >= 0.6 is 0 Å². The van der Waals surface area contributed by atoms with Gasteiger partial charge in [-0.15, -0.1) is 0 Å². The topological polar surface area (TPSA) is 92.4 Å². The lowest BCUT2D eigenvalue weighted by Crippen LogP contribution is -2.19. The first kappa shape index (κ1) is 15.4. The third kappa shape index (κ3) is 2.87. The van der Waals surface area contributed by atoms with Crippen molar-refractivity contribution in [2.75, 3.05) is 7.05 Å². The Morgan fingerprint density at radius 3 is 2.62 bits per heavy atom. The molecule has 0 aliphatic rings. The molecule has 120 valence electrons. The standard InChI is InChI=1S/C17H14N4O3/c1-18-17(22)12-6-8-13(9-7-12)19-10-14-11-20(23)15-4-2-3-5-16(15)21(14)24/h2-11H,1H3,(H,18,22). The highest BCUT2D eigenvalue weighted by molar-refractivity contribution is 5.94. The van der Waals surface area contributed by atoms with Crippen molar-refractivity contribution >= 4 is 28.8 Å². The summed E-state index contributed by atoms with van der Waals surface area (Å²) in [5, 5.41) is 14.8. The average Bonchev–Trinajstić information content (AvgIpc) is 2.63. The van der Waals surface area contributed by atoms with E-state index in [1.54, 1.807) is 55.6 Å². The Labute approximate surface area is 137 Å². The normalized spacial score (nSPS) is 11.0. The molecule has 1 amide bonds. The van der Waals surface area contributed by atoms with Gasteiger partial charge in [0.15, 0.2) is 0 Å². The summed E-state index contributed by atoms with van der Waals surface area (Å²) in [6.45, 7) is 0. The molecule has 0 fully saturated rings. The average molecular weight is 322 g/mol. The van der Waals surface area contributed by atoms with Crippen molar-refractivity contribution in [3.05, 3.63) is 76.1 Å². The highest BCUT2D eigenvalue weighted by Gasteiger charge is 2.09. The van der Waals surface area contributed by atoms with E-state index >= 15 is 0 Å². The van der Waals surface area contributed by atoms with E-state index in [-0.39, 0.29) is 17.1 Å². The SMILES string of the molecule is CNC(=O)c1ccc(N=Cc2c[n+](=O)c3ccccc3n2[O-])cc1. The van der Waals surface area contributed by atoms with Crippen LogP contribution < -0.4 is 9.74 Å². The summed E-state index contributed by atoms with van der Waals surface area (Å²) in [6, 6.07) is 13.1. The van der Waals surface area contributed by atoms with Gasteiger partial charge in [-0.05, 0) is 30.3 Å². The van der Waals surface area contributed by atoms with Gasteiger partial charge in [0.1, 0.15) is 11.2 Å². The van der Waals surface area contributed by atoms with Gasteiger partial charge in [0.2, 0.25) is 0 Å². The van der Waals surface area contributed by atoms with Gasteiger partial charge in [-0.1, -0.05) is 12.1 Å². The smallest absolute Gasteiger partial charge is 0.286 e. The largest absolute Gasteiger partial charge is 0.805 e. The van der Waals surface area contributed by atoms with Gasteiger partial charge in [0, 0.05) is 23.6 Å². The van der Waals surface area contributed by atoms with Gasteiger partial charge < -0.3 is 15.3 Å². The molecule has 0 saturated heterocycles. The molecule has 7 nitrogen and oxygen atoms in total. The van der Waals surface area contributed by atoms with Crippen molar-refractivity contribution in [2.45, 2.75) is 0 Å². The molecule has 1 N–H and O–H groups in total. The van der Waals surface area contributed by atoms with Crippen molar-refractivity contribution in [1.29, 1.82) is 0 Å². The lowest BCUT2D eigenvalue weighted by molar-refractivity contribution is -0.464. The van der Waals surface area contributed by atoms with Gasteiger partial charge in [-0.2, -0.15) is 0 Å². The molecule has 0 atom stereocenters. The molecule has 0 radical (unpaired) electrons. The number of aromatic nitrogens is 2. The summed E-state index contributed by atoms with van der Waals surface area (Å²) < 4.78 is 1.30. The Balaban J connectivity index is 1.95. The zero-order chi connectivity index (χ0) is 17.1. The number of carbonyl (C=O) groups is 1. The third-order valence-corrected chi connectivity index (χ3v) is 3.52. The summed E-state index contributed by atoms with van der Waals surface area (Å²) in [4.78, 5) is 27.6. The number of nitrogens with one attached hydrogen (secondary N) is 1. The van der Waals surface area contributed by atoms with Gasteiger partial charge in [-0.3, -0.25) is 9.79 Å². The number of nitrogens with zero attached hydrogens (tertiary/aromatic N) is 3. The quantitative estimate of drug-likeness (QED) is 0.590. The minimum Gasteiger partial charge on any atom is -0.805 e. The minimum absolute atomic E-state index is 0.124. The van der Waals surface area contributed by atoms with Crippen molar-refractivity contribution in [2.24, 2.45) is 4.99 Å². The molecular formula is C17H14N4O3. The summed E-state index contributed by atoms with van der Waals surface area (Å²) >= 11 is 0. The van der Waals surface area contributed by atoms with Gasteiger partial charge in [-0.25, -0.2) is 0 Å². The highest BCUT2D eigenvalue weighted by Crippen LogP contribution is 2.14. The Hall–Kier alpha value is -3.48. The maximum absolute atomic E-state index is 12.3. The van der Waals surface area contributed by atoms with Gasteiger partial charge >= 0.3 is 0 Å². The molecule has 2 aromatic carbocycles. The van der Waals surface area contributed by atoms with Gasteiger partial charge in [0.05, 0.1) is 16.3 Å². The van der Waals surface area contributed by atoms with Crippen LogP contribution in [0.2, 0.25) is 0 Å². The van der Waals surface area contributed by atoms with Gasteiger partial charge in [0.25, 0.3) is 17.6 Å². The number of aliphatic imine (C=N–C) groups is 1. The van der Waals surface area contributed by atoms with Crippen LogP contribution in [0.1, 0.15) is 16.1 Å². The van der Waals surface area contributed by atoms with Crippen LogP contribution in [0.4, 0.5) is 5.69 Å². The van der Waals surface area contributed by atoms with Crippen LogP contribution in [-0.4, -0.2) is 23.9 Å². The lowest BCUT2D eigenvalue weighted by Gasteiger charge is -2.13. The van der Waals surface area contributed by atoms with Crippen molar-refractivity contribution in [3.63, 3.8) is 0 Å². The zero-order valence-electron chi connectivity index (χ0n) is 12.8. The molecule has 1 aromatic heterocycles. The minimum atomic E-state index is -0.190. The van der Waals surface area contributed by atoms with Crippen molar-refractivity contribution < 1.29 is 9.22 Å². The fraction of sp³-hybridized carbons (Fsp3) is 0.0588. The Bertz CT molecular complexity index is 991. The number of para-hydroxylation sites is 2. The first-order valence-corrected chi connectivity index (χ1v) is 7.21. The first-order valence-electron chi connectivity index (χ1n) is 7.21. The van der Waals surface area contributed by atoms with E-state index in [2.05, 4.69) is 10.3 Å². The maximum Gasteiger partial charge on any atom is 0.286 e. The van der Waals surface area contributed by atoms with E-state index in [0.29, 0.717) is 25.9 Å². The molecule has 0 bridgehead atoms. The van der Waals surface area contributed by atoms with Crippen LogP contribution in [0, 0.1) is 10.1 Å². The van der Waals surface area contributed by atoms with E-state index in [4.69, 9.17) is 0 Å². The number of hydrogen-bond acceptors (Lipinski definition) is 4. The summed E-state index contributed by atoms with van der Waals surface area (Å²) in [6.07, 6.45) is 2.50. The molecule has 0 unspecified atom stereocenters. The van der Waals surface area contributed by atoms with Crippen LogP contribution in [0.3, 0.4) is 0 Å². The number of amides is 1. The van der Waals surface area contributed by atoms with E-state index in [9.17, 15) is 14.9 Å². The van der Waals surface area contributed by atoms with Crippen LogP contribution in [0.15, 0.2) is 59.7 Å². The number of carbonyl (C=O) groups excluding carboxylic acids is 1. The monoisotopic (exact) mass is 322 g/mol. The molecule has 0 saturated carbocycles. The summed E-state index contributed by atoms with van der Waals surface area (Å²) in [5.74, 6) is -0.190. The number of fused-ring (bicyclic) bond motifs is 1. The van der Waals surface area contributed by atoms with Crippen LogP contribution in [0.5, 0.6) is 0 Å². The molecular weight excluding hydrogens is 308 g/mol. The Morgan fingerprint density at radius 2 is 1.92 bits per heavy atom. The number of benzene rings is 2. The molecule has 0 aliphatic heterocycles. The molecule has 1 heterocycles. The van der Waals surface area contributed by atoms with Crippen LogP contribution in [0.25, 0.3) is 11.0 Å². The fourth-order valence-electron chi connectivity index (χ4n) is 2.27. The summed E-state index contributed by atoms with van der Waals surface area (Å²) in [5.41, 5.74) is 1.76. The summed E-state index contributed by atoms with van der Waals surface area (Å²) in [7, 11) is 1.55. The Morgan fingerprint density at radius 1 is 1.21 bits per heavy atom. The second-order valence-corrected chi connectivity index (χ2v) is 5.05. The molecule has 0 aliphatic carbocycles.